The second-order valence-electron chi connectivity index (χ2n) is 8.58. The zero-order valence-electron chi connectivity index (χ0n) is 20.5. The van der Waals surface area contributed by atoms with E-state index in [4.69, 9.17) is 15.2 Å². The van der Waals surface area contributed by atoms with Crippen molar-refractivity contribution in [2.75, 3.05) is 40.1 Å². The van der Waals surface area contributed by atoms with Crippen LogP contribution in [-0.4, -0.2) is 74.1 Å². The predicted octanol–water partition coefficient (Wildman–Crippen LogP) is 2.66. The Morgan fingerprint density at radius 1 is 1.29 bits per heavy atom. The van der Waals surface area contributed by atoms with E-state index in [1.807, 2.05) is 51.5 Å². The van der Waals surface area contributed by atoms with Crippen molar-refractivity contribution in [3.05, 3.63) is 57.8 Å². The van der Waals surface area contributed by atoms with Crippen LogP contribution in [0.5, 0.6) is 0 Å². The van der Waals surface area contributed by atoms with Gasteiger partial charge >= 0.3 is 0 Å². The van der Waals surface area contributed by atoms with Gasteiger partial charge in [0.2, 0.25) is 0 Å². The van der Waals surface area contributed by atoms with Crippen LogP contribution in [0.2, 0.25) is 0 Å². The molecule has 1 aliphatic heterocycles. The van der Waals surface area contributed by atoms with E-state index in [0.717, 1.165) is 27.8 Å². The molecule has 34 heavy (non-hydrogen) atoms. The third-order valence-electron chi connectivity index (χ3n) is 5.95. The number of para-hydroxylation sites is 1. The summed E-state index contributed by atoms with van der Waals surface area (Å²) in [5.74, 6) is -0.237. The maximum absolute atomic E-state index is 13.3. The van der Waals surface area contributed by atoms with Gasteiger partial charge < -0.3 is 30.0 Å². The average Bonchev–Trinajstić information content (AvgIpc) is 3.09. The van der Waals surface area contributed by atoms with E-state index in [-0.39, 0.29) is 24.8 Å². The number of carbonyl (C=O) groups is 2. The van der Waals surface area contributed by atoms with Gasteiger partial charge in [-0.3, -0.25) is 9.59 Å². The number of hydrogen-bond acceptors (Lipinski definition) is 7. The van der Waals surface area contributed by atoms with Crippen molar-refractivity contribution in [3.8, 4) is 0 Å². The predicted molar refractivity (Wildman–Crippen MR) is 137 cm³/mol. The SMILES string of the molecule is CSC(/C=C(/C)N)=C(/C=O)CNC(=O)c1c(C)n(CC2OCC(N(C)C)CO2)c2ccccc12. The fourth-order valence-corrected chi connectivity index (χ4v) is 4.66. The normalized spacial score (nSPS) is 19.9. The topological polar surface area (TPSA) is 98.8 Å². The van der Waals surface area contributed by atoms with E-state index in [2.05, 4.69) is 14.8 Å². The summed E-state index contributed by atoms with van der Waals surface area (Å²) in [5.41, 5.74) is 9.19. The molecule has 0 unspecified atom stereocenters. The lowest BCUT2D eigenvalue weighted by Gasteiger charge is -2.33. The first-order valence-corrected chi connectivity index (χ1v) is 12.4. The maximum atomic E-state index is 13.3. The molecule has 2 heterocycles. The molecule has 1 aliphatic rings. The standard InChI is InChI=1S/C25H34N4O4S/c1-16(26)10-22(34-5)18(13-30)11-27-25(31)24-17(2)29(21-9-7-6-8-20(21)24)12-23-32-14-19(15-33-23)28(3)4/h6-10,13,19,23H,11-12,14-15,26H2,1-5H3,(H,27,31)/b16-10-,22-18+. The first kappa shape index (κ1) is 26.0. The average molecular weight is 487 g/mol. The minimum atomic E-state index is -0.387. The highest BCUT2D eigenvalue weighted by Gasteiger charge is 2.26. The van der Waals surface area contributed by atoms with Crippen LogP contribution in [-0.2, 0) is 20.8 Å². The summed E-state index contributed by atoms with van der Waals surface area (Å²) in [6.07, 6.45) is 3.98. The zero-order valence-corrected chi connectivity index (χ0v) is 21.3. The van der Waals surface area contributed by atoms with Crippen molar-refractivity contribution < 1.29 is 19.1 Å². The number of nitrogens with one attached hydrogen (secondary N) is 1. The number of ether oxygens (including phenoxy) is 2. The van der Waals surface area contributed by atoms with Crippen molar-refractivity contribution in [2.45, 2.75) is 32.7 Å². The van der Waals surface area contributed by atoms with Crippen molar-refractivity contribution in [1.82, 2.24) is 14.8 Å². The summed E-state index contributed by atoms with van der Waals surface area (Å²) in [6.45, 7) is 5.47. The van der Waals surface area contributed by atoms with Crippen LogP contribution < -0.4 is 11.1 Å². The number of thioether (sulfide) groups is 1. The first-order chi connectivity index (χ1) is 16.3. The van der Waals surface area contributed by atoms with Gasteiger partial charge in [0.05, 0.1) is 31.4 Å². The minimum Gasteiger partial charge on any atom is -0.402 e. The van der Waals surface area contributed by atoms with Crippen LogP contribution in [0.4, 0.5) is 0 Å². The molecule has 0 aliphatic carbocycles. The third-order valence-corrected chi connectivity index (χ3v) is 6.77. The highest BCUT2D eigenvalue weighted by atomic mass is 32.2. The van der Waals surface area contributed by atoms with Gasteiger partial charge in [-0.05, 0) is 46.3 Å². The smallest absolute Gasteiger partial charge is 0.254 e. The Labute approximate surface area is 205 Å². The molecule has 0 radical (unpaired) electrons. The molecule has 0 saturated carbocycles. The van der Waals surface area contributed by atoms with Crippen molar-refractivity contribution in [3.63, 3.8) is 0 Å². The van der Waals surface area contributed by atoms with Gasteiger partial charge in [0, 0.05) is 39.3 Å². The number of nitrogens with two attached hydrogens (primary N) is 1. The molecule has 3 rings (SSSR count). The fourth-order valence-electron chi connectivity index (χ4n) is 3.98. The summed E-state index contributed by atoms with van der Waals surface area (Å²) in [6, 6.07) is 8.01. The molecule has 8 nitrogen and oxygen atoms in total. The van der Waals surface area contributed by atoms with E-state index >= 15 is 0 Å². The molecule has 9 heteroatoms. The molecular weight excluding hydrogens is 452 g/mol. The van der Waals surface area contributed by atoms with Gasteiger partial charge in [0.15, 0.2) is 6.29 Å². The fraction of sp³-hybridized carbons (Fsp3) is 0.440. The molecule has 0 atom stereocenters. The van der Waals surface area contributed by atoms with E-state index in [1.54, 1.807) is 13.0 Å². The first-order valence-electron chi connectivity index (χ1n) is 11.2. The highest BCUT2D eigenvalue weighted by Crippen LogP contribution is 2.27. The zero-order chi connectivity index (χ0) is 24.8. The van der Waals surface area contributed by atoms with Crippen LogP contribution in [0, 0.1) is 6.92 Å². The van der Waals surface area contributed by atoms with Crippen LogP contribution in [0.3, 0.4) is 0 Å². The quantitative estimate of drug-likeness (QED) is 0.319. The molecule has 2 aromatic rings. The third kappa shape index (κ3) is 5.90. The number of rotatable bonds is 9. The van der Waals surface area contributed by atoms with E-state index in [0.29, 0.717) is 36.6 Å². The van der Waals surface area contributed by atoms with Crippen molar-refractivity contribution in [2.24, 2.45) is 5.73 Å². The summed E-state index contributed by atoms with van der Waals surface area (Å²) in [7, 11) is 4.01. The second kappa shape index (κ2) is 11.7. The lowest BCUT2D eigenvalue weighted by atomic mass is 10.1. The Hall–Kier alpha value is -2.59. The van der Waals surface area contributed by atoms with Gasteiger partial charge in [-0.25, -0.2) is 0 Å². The van der Waals surface area contributed by atoms with Crippen molar-refractivity contribution in [1.29, 1.82) is 0 Å². The monoisotopic (exact) mass is 486 g/mol. The number of fused-ring (bicyclic) bond motifs is 1. The molecule has 0 spiro atoms. The second-order valence-corrected chi connectivity index (χ2v) is 9.43. The number of benzene rings is 1. The number of allylic oxidation sites excluding steroid dienone is 2. The molecule has 184 valence electrons. The number of likely N-dealkylation sites (N-methyl/N-ethyl adjacent to an activating group) is 1. The van der Waals surface area contributed by atoms with E-state index in [9.17, 15) is 9.59 Å². The number of aldehydes is 1. The van der Waals surface area contributed by atoms with Gasteiger partial charge in [-0.15, -0.1) is 11.8 Å². The summed E-state index contributed by atoms with van der Waals surface area (Å²) >= 11 is 1.42. The van der Waals surface area contributed by atoms with Gasteiger partial charge in [0.1, 0.15) is 6.29 Å². The van der Waals surface area contributed by atoms with E-state index in [1.165, 1.54) is 11.8 Å². The Balaban J connectivity index is 1.84. The largest absolute Gasteiger partial charge is 0.402 e. The lowest BCUT2D eigenvalue weighted by molar-refractivity contribution is -0.206. The molecule has 1 fully saturated rings. The van der Waals surface area contributed by atoms with Gasteiger partial charge in [-0.1, -0.05) is 18.2 Å². The molecule has 1 saturated heterocycles. The number of nitrogens with zero attached hydrogens (tertiary/aromatic N) is 2. The van der Waals surface area contributed by atoms with Crippen LogP contribution in [0.1, 0.15) is 23.0 Å². The van der Waals surface area contributed by atoms with Crippen LogP contribution >= 0.6 is 11.8 Å². The number of carbonyl (C=O) groups excluding carboxylic acids is 2. The van der Waals surface area contributed by atoms with Crippen LogP contribution in [0.15, 0.2) is 46.5 Å². The van der Waals surface area contributed by atoms with Gasteiger partial charge in [-0.2, -0.15) is 0 Å². The molecule has 1 aromatic heterocycles. The number of amides is 1. The molecule has 3 N–H and O–H groups in total. The minimum absolute atomic E-state index is 0.113. The summed E-state index contributed by atoms with van der Waals surface area (Å²) in [5, 5.41) is 3.76. The number of aromatic nitrogens is 1. The Morgan fingerprint density at radius 3 is 2.56 bits per heavy atom. The van der Waals surface area contributed by atoms with Crippen molar-refractivity contribution >= 4 is 34.9 Å². The maximum Gasteiger partial charge on any atom is 0.254 e. The molecule has 0 bridgehead atoms. The van der Waals surface area contributed by atoms with Gasteiger partial charge in [0.25, 0.3) is 5.91 Å². The molecular formula is C25H34N4O4S. The Kier molecular flexibility index (Phi) is 8.96. The lowest BCUT2D eigenvalue weighted by Crippen LogP contribution is -2.45. The highest BCUT2D eigenvalue weighted by molar-refractivity contribution is 8.02. The van der Waals surface area contributed by atoms with Crippen LogP contribution in [0.25, 0.3) is 10.9 Å². The molecule has 1 amide bonds. The summed E-state index contributed by atoms with van der Waals surface area (Å²) < 4.78 is 14.0. The van der Waals surface area contributed by atoms with E-state index < -0.39 is 0 Å². The summed E-state index contributed by atoms with van der Waals surface area (Å²) in [4.78, 5) is 27.8. The number of hydrogen-bond donors (Lipinski definition) is 2. The Morgan fingerprint density at radius 2 is 1.97 bits per heavy atom. The molecule has 1 aromatic carbocycles. The Bertz CT molecular complexity index is 1090.